The molecule has 1 aromatic carbocycles. The maximum Gasteiger partial charge on any atom is 0.142 e. The summed E-state index contributed by atoms with van der Waals surface area (Å²) in [4.78, 5) is 2.24. The summed E-state index contributed by atoms with van der Waals surface area (Å²) in [6, 6.07) is 5.58. The number of nitrogens with one attached hydrogen (secondary N) is 1. The zero-order chi connectivity index (χ0) is 15.3. The second kappa shape index (κ2) is 7.96. The Bertz CT molecular complexity index is 421. The molecule has 1 rings (SSSR count). The van der Waals surface area contributed by atoms with Crippen LogP contribution in [0.1, 0.15) is 38.8 Å². The Labute approximate surface area is 127 Å². The van der Waals surface area contributed by atoms with Crippen molar-refractivity contribution in [1.82, 2.24) is 10.2 Å². The van der Waals surface area contributed by atoms with Crippen molar-refractivity contribution in [2.75, 3.05) is 20.6 Å². The summed E-state index contributed by atoms with van der Waals surface area (Å²) in [7, 11) is 4.20. The van der Waals surface area contributed by atoms with Gasteiger partial charge in [0, 0.05) is 18.6 Å². The zero-order valence-corrected chi connectivity index (χ0v) is 13.8. The van der Waals surface area contributed by atoms with Gasteiger partial charge in [-0.1, -0.05) is 31.5 Å². The summed E-state index contributed by atoms with van der Waals surface area (Å²) >= 11 is 5.71. The minimum absolute atomic E-state index is 0.108. The molecular weight excluding hydrogens is 275 g/mol. The highest BCUT2D eigenvalue weighted by atomic mass is 35.5. The highest BCUT2D eigenvalue weighted by Gasteiger charge is 2.15. The van der Waals surface area contributed by atoms with Crippen LogP contribution >= 0.6 is 11.6 Å². The summed E-state index contributed by atoms with van der Waals surface area (Å²) in [5.41, 5.74) is 0.925. The van der Waals surface area contributed by atoms with Crippen LogP contribution in [-0.2, 0) is 0 Å². The first-order valence-electron chi connectivity index (χ1n) is 7.16. The molecule has 0 aliphatic carbocycles. The number of rotatable bonds is 7. The smallest absolute Gasteiger partial charge is 0.142 e. The second-order valence-corrected chi connectivity index (χ2v) is 6.46. The van der Waals surface area contributed by atoms with Crippen molar-refractivity contribution in [3.8, 4) is 0 Å². The van der Waals surface area contributed by atoms with Gasteiger partial charge in [-0.15, -0.1) is 0 Å². The summed E-state index contributed by atoms with van der Waals surface area (Å²) < 4.78 is 13.5. The maximum atomic E-state index is 13.5. The monoisotopic (exact) mass is 300 g/mol. The third kappa shape index (κ3) is 5.39. The van der Waals surface area contributed by atoms with Gasteiger partial charge in [0.15, 0.2) is 0 Å². The van der Waals surface area contributed by atoms with E-state index in [1.54, 1.807) is 6.07 Å². The summed E-state index contributed by atoms with van der Waals surface area (Å²) in [5, 5.41) is 3.65. The number of benzene rings is 1. The van der Waals surface area contributed by atoms with E-state index in [9.17, 15) is 4.39 Å². The molecule has 0 aromatic heterocycles. The number of halogens is 2. The van der Waals surface area contributed by atoms with Crippen molar-refractivity contribution in [1.29, 1.82) is 0 Å². The molecule has 20 heavy (non-hydrogen) atoms. The van der Waals surface area contributed by atoms with E-state index in [0.717, 1.165) is 18.5 Å². The zero-order valence-electron chi connectivity index (χ0n) is 13.1. The van der Waals surface area contributed by atoms with Crippen LogP contribution in [0.4, 0.5) is 4.39 Å². The lowest BCUT2D eigenvalue weighted by Crippen LogP contribution is -2.39. The molecule has 0 radical (unpaired) electrons. The molecule has 2 unspecified atom stereocenters. The third-order valence-electron chi connectivity index (χ3n) is 3.58. The molecule has 0 saturated heterocycles. The number of hydrogen-bond acceptors (Lipinski definition) is 2. The molecule has 0 amide bonds. The van der Waals surface area contributed by atoms with Crippen molar-refractivity contribution in [2.45, 2.75) is 39.3 Å². The standard InChI is InChI=1S/C16H26ClFN2/c1-11(2)8-14(20(4)5)10-19-12(3)13-6-7-15(17)16(18)9-13/h6-7,9,11-12,14,19H,8,10H2,1-5H3. The van der Waals surface area contributed by atoms with E-state index in [-0.39, 0.29) is 16.9 Å². The Hall–Kier alpha value is -0.640. The lowest BCUT2D eigenvalue weighted by molar-refractivity contribution is 0.242. The minimum Gasteiger partial charge on any atom is -0.309 e. The van der Waals surface area contributed by atoms with E-state index < -0.39 is 0 Å². The largest absolute Gasteiger partial charge is 0.309 e. The Morgan fingerprint density at radius 2 is 1.90 bits per heavy atom. The molecule has 0 aliphatic heterocycles. The van der Waals surface area contributed by atoms with E-state index in [1.165, 1.54) is 6.07 Å². The van der Waals surface area contributed by atoms with Gasteiger partial charge in [-0.05, 0) is 51.1 Å². The molecule has 114 valence electrons. The molecule has 0 aliphatic rings. The van der Waals surface area contributed by atoms with Gasteiger partial charge in [-0.25, -0.2) is 4.39 Å². The quantitative estimate of drug-likeness (QED) is 0.815. The van der Waals surface area contributed by atoms with Gasteiger partial charge >= 0.3 is 0 Å². The Morgan fingerprint density at radius 3 is 2.40 bits per heavy atom. The van der Waals surface area contributed by atoms with Gasteiger partial charge in [0.1, 0.15) is 5.82 Å². The molecule has 1 N–H and O–H groups in total. The van der Waals surface area contributed by atoms with Crippen LogP contribution in [0, 0.1) is 11.7 Å². The summed E-state index contributed by atoms with van der Waals surface area (Å²) in [5.74, 6) is 0.302. The predicted molar refractivity (Wildman–Crippen MR) is 84.8 cm³/mol. The maximum absolute atomic E-state index is 13.5. The normalized spacial score (nSPS) is 14.8. The van der Waals surface area contributed by atoms with E-state index >= 15 is 0 Å². The SMILES string of the molecule is CC(C)CC(CNC(C)c1ccc(Cl)c(F)c1)N(C)C. The first-order valence-corrected chi connectivity index (χ1v) is 7.53. The molecule has 0 saturated carbocycles. The van der Waals surface area contributed by atoms with E-state index in [0.29, 0.717) is 12.0 Å². The van der Waals surface area contributed by atoms with Crippen LogP contribution in [-0.4, -0.2) is 31.6 Å². The molecule has 0 fully saturated rings. The fraction of sp³-hybridized carbons (Fsp3) is 0.625. The van der Waals surface area contributed by atoms with Crippen LogP contribution in [0.3, 0.4) is 0 Å². The summed E-state index contributed by atoms with van der Waals surface area (Å²) in [6.07, 6.45) is 1.14. The Morgan fingerprint density at radius 1 is 1.25 bits per heavy atom. The lowest BCUT2D eigenvalue weighted by atomic mass is 10.0. The lowest BCUT2D eigenvalue weighted by Gasteiger charge is -2.28. The Kier molecular flexibility index (Phi) is 6.93. The fourth-order valence-electron chi connectivity index (χ4n) is 2.23. The van der Waals surface area contributed by atoms with Gasteiger partial charge < -0.3 is 10.2 Å². The topological polar surface area (TPSA) is 15.3 Å². The molecule has 0 heterocycles. The van der Waals surface area contributed by atoms with Crippen molar-refractivity contribution >= 4 is 11.6 Å². The molecule has 4 heteroatoms. The molecule has 2 nitrogen and oxygen atoms in total. The molecule has 0 spiro atoms. The summed E-state index contributed by atoms with van der Waals surface area (Å²) in [6.45, 7) is 7.39. The molecular formula is C16H26ClFN2. The Balaban J connectivity index is 2.60. The van der Waals surface area contributed by atoms with Crippen molar-refractivity contribution in [3.05, 3.63) is 34.6 Å². The van der Waals surface area contributed by atoms with Crippen LogP contribution in [0.15, 0.2) is 18.2 Å². The third-order valence-corrected chi connectivity index (χ3v) is 3.88. The minimum atomic E-state index is -0.357. The number of hydrogen-bond donors (Lipinski definition) is 1. The van der Waals surface area contributed by atoms with E-state index in [2.05, 4.69) is 38.2 Å². The highest BCUT2D eigenvalue weighted by molar-refractivity contribution is 6.30. The van der Waals surface area contributed by atoms with Crippen LogP contribution in [0.2, 0.25) is 5.02 Å². The predicted octanol–water partition coefficient (Wildman–Crippen LogP) is 4.11. The molecule has 2 atom stereocenters. The van der Waals surface area contributed by atoms with Crippen molar-refractivity contribution in [3.63, 3.8) is 0 Å². The molecule has 0 bridgehead atoms. The number of nitrogens with zero attached hydrogens (tertiary/aromatic N) is 1. The first-order chi connectivity index (χ1) is 9.31. The first kappa shape index (κ1) is 17.4. The fourth-order valence-corrected chi connectivity index (χ4v) is 2.35. The van der Waals surface area contributed by atoms with Crippen LogP contribution < -0.4 is 5.32 Å². The second-order valence-electron chi connectivity index (χ2n) is 6.05. The number of likely N-dealkylation sites (N-methyl/N-ethyl adjacent to an activating group) is 1. The van der Waals surface area contributed by atoms with E-state index in [1.807, 2.05) is 13.0 Å². The average Bonchev–Trinajstić information content (AvgIpc) is 2.36. The van der Waals surface area contributed by atoms with Crippen LogP contribution in [0.25, 0.3) is 0 Å². The van der Waals surface area contributed by atoms with Gasteiger partial charge in [-0.3, -0.25) is 0 Å². The van der Waals surface area contributed by atoms with Gasteiger partial charge in [0.25, 0.3) is 0 Å². The van der Waals surface area contributed by atoms with E-state index in [4.69, 9.17) is 11.6 Å². The van der Waals surface area contributed by atoms with Crippen molar-refractivity contribution < 1.29 is 4.39 Å². The van der Waals surface area contributed by atoms with Crippen molar-refractivity contribution in [2.24, 2.45) is 5.92 Å². The van der Waals surface area contributed by atoms with Gasteiger partial charge in [-0.2, -0.15) is 0 Å². The van der Waals surface area contributed by atoms with Crippen LogP contribution in [0.5, 0.6) is 0 Å². The molecule has 1 aromatic rings. The highest BCUT2D eigenvalue weighted by Crippen LogP contribution is 2.20. The van der Waals surface area contributed by atoms with Gasteiger partial charge in [0.2, 0.25) is 0 Å². The van der Waals surface area contributed by atoms with Gasteiger partial charge in [0.05, 0.1) is 5.02 Å². The average molecular weight is 301 g/mol.